The number of anilines is 1. The second-order valence-corrected chi connectivity index (χ2v) is 7.15. The van der Waals surface area contributed by atoms with E-state index in [9.17, 15) is 13.2 Å². The van der Waals surface area contributed by atoms with E-state index >= 15 is 0 Å². The van der Waals surface area contributed by atoms with Gasteiger partial charge in [0.05, 0.1) is 25.7 Å². The maximum absolute atomic E-state index is 12.3. The first kappa shape index (κ1) is 23.2. The Morgan fingerprint density at radius 2 is 1.79 bits per heavy atom. The number of nitrogens with two attached hydrogens (primary N) is 1. The van der Waals surface area contributed by atoms with Gasteiger partial charge in [-0.1, -0.05) is 12.1 Å². The SMILES string of the molecule is COc1ccc(NC(=O)CNS(=O)(=O)c2cccc(C(=N)N)c2)cc1OC.Cl. The van der Waals surface area contributed by atoms with Crippen molar-refractivity contribution in [2.45, 2.75) is 4.90 Å². The lowest BCUT2D eigenvalue weighted by atomic mass is 10.2. The first-order chi connectivity index (χ1) is 12.8. The first-order valence-electron chi connectivity index (χ1n) is 7.73. The highest BCUT2D eigenvalue weighted by molar-refractivity contribution is 7.89. The number of carbonyl (C=O) groups is 1. The van der Waals surface area contributed by atoms with Crippen molar-refractivity contribution in [3.8, 4) is 11.5 Å². The number of ether oxygens (including phenoxy) is 2. The molecule has 28 heavy (non-hydrogen) atoms. The zero-order valence-corrected chi connectivity index (χ0v) is 16.8. The molecule has 0 radical (unpaired) electrons. The second-order valence-electron chi connectivity index (χ2n) is 5.38. The van der Waals surface area contributed by atoms with E-state index in [2.05, 4.69) is 10.0 Å². The topological polar surface area (TPSA) is 144 Å². The third kappa shape index (κ3) is 5.84. The molecular weight excluding hydrogens is 408 g/mol. The molecule has 0 heterocycles. The Hall–Kier alpha value is -2.82. The minimum atomic E-state index is -3.93. The molecule has 152 valence electrons. The highest BCUT2D eigenvalue weighted by Crippen LogP contribution is 2.29. The van der Waals surface area contributed by atoms with Crippen molar-refractivity contribution in [1.29, 1.82) is 5.41 Å². The average Bonchev–Trinajstić information content (AvgIpc) is 2.66. The Labute approximate surface area is 169 Å². The van der Waals surface area contributed by atoms with Crippen LogP contribution in [0.1, 0.15) is 5.56 Å². The molecule has 2 aromatic carbocycles. The van der Waals surface area contributed by atoms with Crippen LogP contribution in [-0.4, -0.2) is 40.9 Å². The predicted octanol–water partition coefficient (Wildman–Crippen LogP) is 1.33. The van der Waals surface area contributed by atoms with E-state index < -0.39 is 22.5 Å². The van der Waals surface area contributed by atoms with Crippen LogP contribution in [-0.2, 0) is 14.8 Å². The third-order valence-electron chi connectivity index (χ3n) is 3.55. The van der Waals surface area contributed by atoms with Crippen molar-refractivity contribution >= 4 is 39.9 Å². The molecule has 0 aliphatic carbocycles. The van der Waals surface area contributed by atoms with E-state index in [0.717, 1.165) is 0 Å². The average molecular weight is 429 g/mol. The molecule has 9 nitrogen and oxygen atoms in total. The van der Waals surface area contributed by atoms with Gasteiger partial charge in [-0.2, -0.15) is 0 Å². The molecule has 0 atom stereocenters. The van der Waals surface area contributed by atoms with Crippen LogP contribution in [0.2, 0.25) is 0 Å². The minimum Gasteiger partial charge on any atom is -0.493 e. The summed E-state index contributed by atoms with van der Waals surface area (Å²) >= 11 is 0. The molecule has 1 amide bonds. The van der Waals surface area contributed by atoms with E-state index in [1.54, 1.807) is 18.2 Å². The summed E-state index contributed by atoms with van der Waals surface area (Å²) < 4.78 is 37.1. The number of rotatable bonds is 8. The number of nitrogen functional groups attached to an aromatic ring is 1. The Morgan fingerprint density at radius 3 is 2.39 bits per heavy atom. The second kappa shape index (κ2) is 9.93. The van der Waals surface area contributed by atoms with E-state index in [1.807, 2.05) is 0 Å². The number of amidine groups is 1. The fourth-order valence-corrected chi connectivity index (χ4v) is 3.22. The zero-order valence-electron chi connectivity index (χ0n) is 15.2. The van der Waals surface area contributed by atoms with Crippen LogP contribution in [0.3, 0.4) is 0 Å². The summed E-state index contributed by atoms with van der Waals surface area (Å²) in [6.45, 7) is -0.471. The minimum absolute atomic E-state index is 0. The molecule has 2 aromatic rings. The third-order valence-corrected chi connectivity index (χ3v) is 4.94. The first-order valence-corrected chi connectivity index (χ1v) is 9.21. The Bertz CT molecular complexity index is 966. The van der Waals surface area contributed by atoms with Crippen molar-refractivity contribution < 1.29 is 22.7 Å². The lowest BCUT2D eigenvalue weighted by Gasteiger charge is -2.11. The maximum Gasteiger partial charge on any atom is 0.241 e. The molecule has 2 rings (SSSR count). The fraction of sp³-hybridized carbons (Fsp3) is 0.176. The van der Waals surface area contributed by atoms with Gasteiger partial charge in [-0.3, -0.25) is 10.2 Å². The molecule has 0 bridgehead atoms. The monoisotopic (exact) mass is 428 g/mol. The molecule has 0 aliphatic heterocycles. The van der Waals surface area contributed by atoms with Gasteiger partial charge in [0.15, 0.2) is 11.5 Å². The summed E-state index contributed by atoms with van der Waals surface area (Å²) in [5, 5.41) is 9.94. The molecule has 0 saturated heterocycles. The van der Waals surface area contributed by atoms with E-state index in [-0.39, 0.29) is 28.7 Å². The Morgan fingerprint density at radius 1 is 1.11 bits per heavy atom. The molecule has 11 heteroatoms. The Balaban J connectivity index is 0.00000392. The zero-order chi connectivity index (χ0) is 20.0. The van der Waals surface area contributed by atoms with Crippen LogP contribution >= 0.6 is 12.4 Å². The smallest absolute Gasteiger partial charge is 0.241 e. The van der Waals surface area contributed by atoms with Gasteiger partial charge in [0.2, 0.25) is 15.9 Å². The highest BCUT2D eigenvalue weighted by atomic mass is 35.5. The summed E-state index contributed by atoms with van der Waals surface area (Å²) in [7, 11) is -0.978. The van der Waals surface area contributed by atoms with E-state index in [4.69, 9.17) is 20.6 Å². The molecule has 0 saturated carbocycles. The molecule has 0 aromatic heterocycles. The van der Waals surface area contributed by atoms with Gasteiger partial charge < -0.3 is 20.5 Å². The number of hydrogen-bond acceptors (Lipinski definition) is 6. The van der Waals surface area contributed by atoms with Crippen LogP contribution in [0.5, 0.6) is 11.5 Å². The number of amides is 1. The summed E-state index contributed by atoms with van der Waals surface area (Å²) in [4.78, 5) is 12.0. The quantitative estimate of drug-likeness (QED) is 0.369. The summed E-state index contributed by atoms with van der Waals surface area (Å²) in [5.41, 5.74) is 6.06. The molecule has 0 aliphatic rings. The normalized spacial score (nSPS) is 10.5. The molecule has 5 N–H and O–H groups in total. The van der Waals surface area contributed by atoms with Crippen molar-refractivity contribution in [2.24, 2.45) is 5.73 Å². The molecule has 0 spiro atoms. The lowest BCUT2D eigenvalue weighted by molar-refractivity contribution is -0.115. The number of sulfonamides is 1. The largest absolute Gasteiger partial charge is 0.493 e. The number of methoxy groups -OCH3 is 2. The lowest BCUT2D eigenvalue weighted by Crippen LogP contribution is -2.33. The van der Waals surface area contributed by atoms with Gasteiger partial charge in [0.1, 0.15) is 5.84 Å². The number of hydrogen-bond donors (Lipinski definition) is 4. The van der Waals surface area contributed by atoms with E-state index in [0.29, 0.717) is 17.2 Å². The van der Waals surface area contributed by atoms with Crippen LogP contribution in [0.25, 0.3) is 0 Å². The van der Waals surface area contributed by atoms with Gasteiger partial charge in [0.25, 0.3) is 0 Å². The summed E-state index contributed by atoms with van der Waals surface area (Å²) in [6, 6.07) is 10.4. The van der Waals surface area contributed by atoms with Crippen molar-refractivity contribution in [2.75, 3.05) is 26.1 Å². The summed E-state index contributed by atoms with van der Waals surface area (Å²) in [6.07, 6.45) is 0. The molecule has 0 unspecified atom stereocenters. The van der Waals surface area contributed by atoms with Crippen molar-refractivity contribution in [3.05, 3.63) is 48.0 Å². The number of nitrogens with one attached hydrogen (secondary N) is 3. The van der Waals surface area contributed by atoms with E-state index in [1.165, 1.54) is 38.5 Å². The van der Waals surface area contributed by atoms with Gasteiger partial charge in [-0.25, -0.2) is 13.1 Å². The Kier molecular flexibility index (Phi) is 8.23. The molecular formula is C17H21ClN4O5S. The number of benzene rings is 2. The van der Waals surface area contributed by atoms with Gasteiger partial charge in [0, 0.05) is 17.3 Å². The highest BCUT2D eigenvalue weighted by Gasteiger charge is 2.17. The van der Waals surface area contributed by atoms with Crippen molar-refractivity contribution in [3.63, 3.8) is 0 Å². The fourth-order valence-electron chi connectivity index (χ4n) is 2.19. The predicted molar refractivity (Wildman–Crippen MR) is 108 cm³/mol. The van der Waals surface area contributed by atoms with Gasteiger partial charge in [-0.05, 0) is 24.3 Å². The van der Waals surface area contributed by atoms with Crippen LogP contribution in [0, 0.1) is 5.41 Å². The molecule has 0 fully saturated rings. The van der Waals surface area contributed by atoms with Crippen molar-refractivity contribution in [1.82, 2.24) is 4.72 Å². The standard InChI is InChI=1S/C17H20N4O5S.ClH/c1-25-14-7-6-12(9-15(14)26-2)21-16(22)10-20-27(23,24)13-5-3-4-11(8-13)17(18)19;/h3-9,20H,10H2,1-2H3,(H3,18,19)(H,21,22);1H. The summed E-state index contributed by atoms with van der Waals surface area (Å²) in [5.74, 6) is 0.116. The van der Waals surface area contributed by atoms with Gasteiger partial charge >= 0.3 is 0 Å². The van der Waals surface area contributed by atoms with Crippen LogP contribution in [0.4, 0.5) is 5.69 Å². The van der Waals surface area contributed by atoms with Crippen LogP contribution in [0.15, 0.2) is 47.4 Å². The van der Waals surface area contributed by atoms with Gasteiger partial charge in [-0.15, -0.1) is 12.4 Å². The van der Waals surface area contributed by atoms with Crippen LogP contribution < -0.4 is 25.2 Å². The number of halogens is 1. The maximum atomic E-state index is 12.3. The number of carbonyl (C=O) groups excluding carboxylic acids is 1.